The first-order chi connectivity index (χ1) is 9.63. The van der Waals surface area contributed by atoms with Crippen molar-refractivity contribution in [1.29, 1.82) is 0 Å². The highest BCUT2D eigenvalue weighted by Crippen LogP contribution is 2.20. The molecule has 2 aromatic heterocycles. The number of nitrogens with one attached hydrogen (secondary N) is 1. The van der Waals surface area contributed by atoms with E-state index in [4.69, 9.17) is 11.6 Å². The largest absolute Gasteiger partial charge is 0.269 e. The number of fused-ring (bicyclic) bond motifs is 1. The fraction of sp³-hybridized carbons (Fsp3) is 0.0833. The van der Waals surface area contributed by atoms with E-state index in [2.05, 4.69) is 20.2 Å². The summed E-state index contributed by atoms with van der Waals surface area (Å²) in [5.41, 5.74) is 2.04. The van der Waals surface area contributed by atoms with Gasteiger partial charge in [-0.1, -0.05) is 12.1 Å². The van der Waals surface area contributed by atoms with Gasteiger partial charge in [0.25, 0.3) is 5.69 Å². The van der Waals surface area contributed by atoms with Crippen molar-refractivity contribution in [2.75, 3.05) is 0 Å². The van der Waals surface area contributed by atoms with Gasteiger partial charge in [0, 0.05) is 18.6 Å². The Kier molecular flexibility index (Phi) is 3.03. The van der Waals surface area contributed by atoms with E-state index < -0.39 is 4.92 Å². The Morgan fingerprint density at radius 2 is 2.20 bits per heavy atom. The van der Waals surface area contributed by atoms with E-state index >= 15 is 0 Å². The highest BCUT2D eigenvalue weighted by Gasteiger charge is 2.11. The van der Waals surface area contributed by atoms with E-state index in [0.29, 0.717) is 17.8 Å². The van der Waals surface area contributed by atoms with Crippen LogP contribution in [0.15, 0.2) is 30.5 Å². The summed E-state index contributed by atoms with van der Waals surface area (Å²) in [6.07, 6.45) is 2.03. The molecule has 8 heteroatoms. The van der Waals surface area contributed by atoms with Gasteiger partial charge in [0.05, 0.1) is 22.2 Å². The van der Waals surface area contributed by atoms with Crippen LogP contribution in [0.5, 0.6) is 0 Å². The van der Waals surface area contributed by atoms with Crippen LogP contribution in [0.3, 0.4) is 0 Å². The number of H-pyrrole nitrogens is 1. The number of nitrogens with zero attached hydrogens (tertiary/aromatic N) is 4. The Balaban J connectivity index is 2.02. The number of nitro benzene ring substituents is 1. The Morgan fingerprint density at radius 1 is 1.35 bits per heavy atom. The summed E-state index contributed by atoms with van der Waals surface area (Å²) < 4.78 is 0. The molecule has 0 bridgehead atoms. The van der Waals surface area contributed by atoms with Crippen LogP contribution < -0.4 is 0 Å². The van der Waals surface area contributed by atoms with Crippen LogP contribution in [-0.4, -0.2) is 25.1 Å². The maximum atomic E-state index is 10.8. The molecule has 0 atom stereocenters. The Hall–Kier alpha value is -2.54. The predicted octanol–water partition coefficient (Wildman–Crippen LogP) is 2.51. The number of halogens is 1. The van der Waals surface area contributed by atoms with Crippen LogP contribution in [-0.2, 0) is 6.42 Å². The van der Waals surface area contributed by atoms with E-state index in [-0.39, 0.29) is 11.0 Å². The predicted molar refractivity (Wildman–Crippen MR) is 72.6 cm³/mol. The van der Waals surface area contributed by atoms with Gasteiger partial charge in [0.15, 0.2) is 5.65 Å². The number of hydrogen-bond acceptors (Lipinski definition) is 5. The lowest BCUT2D eigenvalue weighted by atomic mass is 10.1. The highest BCUT2D eigenvalue weighted by molar-refractivity contribution is 6.28. The molecule has 1 aromatic carbocycles. The van der Waals surface area contributed by atoms with Gasteiger partial charge in [-0.2, -0.15) is 10.1 Å². The molecule has 0 fully saturated rings. The molecular formula is C12H8ClN5O2. The van der Waals surface area contributed by atoms with Gasteiger partial charge >= 0.3 is 0 Å². The average molecular weight is 290 g/mol. The monoisotopic (exact) mass is 289 g/mol. The summed E-state index contributed by atoms with van der Waals surface area (Å²) in [5.74, 6) is 0. The third-order valence-electron chi connectivity index (χ3n) is 2.85. The van der Waals surface area contributed by atoms with Crippen LogP contribution in [0.25, 0.3) is 11.0 Å². The van der Waals surface area contributed by atoms with Crippen LogP contribution in [0.2, 0.25) is 5.28 Å². The zero-order valence-corrected chi connectivity index (χ0v) is 10.8. The quantitative estimate of drug-likeness (QED) is 0.454. The van der Waals surface area contributed by atoms with Gasteiger partial charge in [-0.3, -0.25) is 15.2 Å². The third kappa shape index (κ3) is 2.30. The number of non-ortho nitro benzene ring substituents is 1. The lowest BCUT2D eigenvalue weighted by Crippen LogP contribution is -1.97. The molecule has 100 valence electrons. The van der Waals surface area contributed by atoms with Gasteiger partial charge in [-0.05, 0) is 17.2 Å². The van der Waals surface area contributed by atoms with Crippen molar-refractivity contribution in [3.8, 4) is 0 Å². The van der Waals surface area contributed by atoms with Crippen molar-refractivity contribution in [1.82, 2.24) is 20.2 Å². The van der Waals surface area contributed by atoms with Crippen molar-refractivity contribution in [3.63, 3.8) is 0 Å². The molecule has 2 heterocycles. The molecule has 0 saturated carbocycles. The van der Waals surface area contributed by atoms with Crippen LogP contribution >= 0.6 is 11.6 Å². The second-order valence-electron chi connectivity index (χ2n) is 4.18. The number of rotatable bonds is 3. The average Bonchev–Trinajstić information content (AvgIpc) is 2.87. The molecule has 0 amide bonds. The summed E-state index contributed by atoms with van der Waals surface area (Å²) in [6, 6.07) is 6.41. The van der Waals surface area contributed by atoms with Gasteiger partial charge < -0.3 is 0 Å². The van der Waals surface area contributed by atoms with E-state index in [1.54, 1.807) is 18.3 Å². The second kappa shape index (κ2) is 4.86. The minimum absolute atomic E-state index is 0.0473. The summed E-state index contributed by atoms with van der Waals surface area (Å²) in [4.78, 5) is 18.5. The lowest BCUT2D eigenvalue weighted by molar-refractivity contribution is -0.384. The molecule has 20 heavy (non-hydrogen) atoms. The van der Waals surface area contributed by atoms with Crippen molar-refractivity contribution in [2.24, 2.45) is 0 Å². The second-order valence-corrected chi connectivity index (χ2v) is 4.51. The third-order valence-corrected chi connectivity index (χ3v) is 3.02. The number of benzene rings is 1. The normalized spacial score (nSPS) is 10.8. The van der Waals surface area contributed by atoms with Crippen molar-refractivity contribution in [2.45, 2.75) is 6.42 Å². The van der Waals surface area contributed by atoms with E-state index in [0.717, 1.165) is 10.9 Å². The van der Waals surface area contributed by atoms with Crippen molar-refractivity contribution < 1.29 is 4.92 Å². The maximum Gasteiger partial charge on any atom is 0.269 e. The zero-order valence-electron chi connectivity index (χ0n) is 10.1. The molecule has 0 aliphatic heterocycles. The number of hydrogen-bond donors (Lipinski definition) is 1. The van der Waals surface area contributed by atoms with Gasteiger partial charge in [0.2, 0.25) is 5.28 Å². The van der Waals surface area contributed by atoms with Crippen molar-refractivity contribution >= 4 is 28.3 Å². The van der Waals surface area contributed by atoms with E-state index in [9.17, 15) is 10.1 Å². The molecule has 0 saturated heterocycles. The van der Waals surface area contributed by atoms with Gasteiger partial charge in [-0.25, -0.2) is 4.98 Å². The van der Waals surface area contributed by atoms with Crippen LogP contribution in [0, 0.1) is 10.1 Å². The fourth-order valence-corrected chi connectivity index (χ4v) is 2.16. The number of aromatic nitrogens is 4. The molecule has 0 unspecified atom stereocenters. The first kappa shape index (κ1) is 12.5. The minimum Gasteiger partial charge on any atom is -0.261 e. The fourth-order valence-electron chi connectivity index (χ4n) is 1.97. The zero-order chi connectivity index (χ0) is 14.1. The molecule has 1 N–H and O–H groups in total. The first-order valence-electron chi connectivity index (χ1n) is 5.72. The maximum absolute atomic E-state index is 10.8. The topological polar surface area (TPSA) is 97.6 Å². The Morgan fingerprint density at radius 3 is 3.00 bits per heavy atom. The van der Waals surface area contributed by atoms with Crippen LogP contribution in [0.4, 0.5) is 5.69 Å². The molecule has 3 aromatic rings. The smallest absolute Gasteiger partial charge is 0.261 e. The molecule has 0 radical (unpaired) electrons. The summed E-state index contributed by atoms with van der Waals surface area (Å²) in [5, 5.41) is 18.3. The first-order valence-corrected chi connectivity index (χ1v) is 6.10. The number of nitro groups is 1. The molecular weight excluding hydrogens is 282 g/mol. The van der Waals surface area contributed by atoms with E-state index in [1.165, 1.54) is 12.1 Å². The molecule has 3 rings (SSSR count). The molecule has 0 aliphatic carbocycles. The van der Waals surface area contributed by atoms with E-state index in [1.807, 2.05) is 0 Å². The minimum atomic E-state index is -0.427. The van der Waals surface area contributed by atoms with Crippen molar-refractivity contribution in [3.05, 3.63) is 57.1 Å². The Labute approximate surface area is 117 Å². The van der Waals surface area contributed by atoms with Crippen LogP contribution in [0.1, 0.15) is 11.3 Å². The van der Waals surface area contributed by atoms with Gasteiger partial charge in [-0.15, -0.1) is 0 Å². The lowest BCUT2D eigenvalue weighted by Gasteiger charge is -2.03. The summed E-state index contributed by atoms with van der Waals surface area (Å²) in [7, 11) is 0. The summed E-state index contributed by atoms with van der Waals surface area (Å²) in [6.45, 7) is 0. The highest BCUT2D eigenvalue weighted by atomic mass is 35.5. The SMILES string of the molecule is O=[N+]([O-])c1cccc(Cc2nc(Cl)nc3[nH]ncc23)c1. The number of aromatic amines is 1. The molecule has 7 nitrogen and oxygen atoms in total. The summed E-state index contributed by atoms with van der Waals surface area (Å²) >= 11 is 5.85. The molecule has 0 spiro atoms. The van der Waals surface area contributed by atoms with Gasteiger partial charge in [0.1, 0.15) is 0 Å². The standard InChI is InChI=1S/C12H8ClN5O2/c13-12-15-10(9-6-14-17-11(9)16-12)5-7-2-1-3-8(4-7)18(19)20/h1-4,6H,5H2,(H,14,15,16,17). The molecule has 0 aliphatic rings. The Bertz CT molecular complexity index is 801.